The zero-order valence-electron chi connectivity index (χ0n) is 3.32. The highest BCUT2D eigenvalue weighted by molar-refractivity contribution is 9.38. The molecule has 0 aromatic heterocycles. The van der Waals surface area contributed by atoms with Gasteiger partial charge in [-0.1, -0.05) is 0 Å². The van der Waals surface area contributed by atoms with Crippen LogP contribution < -0.4 is 0 Å². The molecular weight excluding hydrogens is 170 g/mol. The molecule has 0 aliphatic carbocycles. The summed E-state index contributed by atoms with van der Waals surface area (Å²) in [4.78, 5) is 0. The molecule has 0 spiro atoms. The summed E-state index contributed by atoms with van der Waals surface area (Å²) >= 11 is 2.61. The fourth-order valence-electron chi connectivity index (χ4n) is 0.0976. The van der Waals surface area contributed by atoms with E-state index >= 15 is 0 Å². The van der Waals surface area contributed by atoms with Gasteiger partial charge >= 0.3 is 0 Å². The number of hydrogen-bond acceptors (Lipinski definition) is 1. The molecule has 0 rings (SSSR count). The molecule has 4 heteroatoms. The van der Waals surface area contributed by atoms with Gasteiger partial charge < -0.3 is 4.52 Å². The van der Waals surface area contributed by atoms with E-state index in [0.29, 0.717) is 6.61 Å². The van der Waals surface area contributed by atoms with Gasteiger partial charge in [0.05, 0.1) is 6.61 Å². The zero-order valence-corrected chi connectivity index (χ0v) is 5.80. The maximum Gasteiger partial charge on any atom is 0.292 e. The normalized spacial score (nSPS) is 14.5. The lowest BCUT2D eigenvalue weighted by Crippen LogP contribution is -1.70. The van der Waals surface area contributed by atoms with Gasteiger partial charge in [-0.2, -0.15) is 4.20 Å². The van der Waals surface area contributed by atoms with Crippen molar-refractivity contribution >= 4 is 22.7 Å². The molecule has 0 amide bonds. The van der Waals surface area contributed by atoms with Gasteiger partial charge in [0.2, 0.25) is 0 Å². The second kappa shape index (κ2) is 3.97. The van der Waals surface area contributed by atoms with Crippen molar-refractivity contribution in [2.45, 2.75) is 6.92 Å². The van der Waals surface area contributed by atoms with Gasteiger partial charge in [0.25, 0.3) is 7.16 Å². The van der Waals surface area contributed by atoms with Crippen LogP contribution in [0.4, 0.5) is 4.20 Å². The third-order valence-corrected chi connectivity index (χ3v) is 1.29. The monoisotopic (exact) mass is 174 g/mol. The van der Waals surface area contributed by atoms with Crippen molar-refractivity contribution in [3.63, 3.8) is 0 Å². The molecule has 0 aliphatic heterocycles. The van der Waals surface area contributed by atoms with Gasteiger partial charge in [-0.15, -0.1) is 0 Å². The van der Waals surface area contributed by atoms with Crippen LogP contribution in [-0.2, 0) is 4.52 Å². The third kappa shape index (κ3) is 4.80. The molecule has 1 atom stereocenters. The first kappa shape index (κ1) is 6.80. The van der Waals surface area contributed by atoms with Crippen molar-refractivity contribution in [1.82, 2.24) is 0 Å². The molecule has 0 aliphatic rings. The summed E-state index contributed by atoms with van der Waals surface area (Å²) < 4.78 is 15.8. The molecule has 0 aromatic rings. The summed E-state index contributed by atoms with van der Waals surface area (Å²) in [7, 11) is -1.79. The minimum Gasteiger partial charge on any atom is -0.323 e. The molecule has 6 heavy (non-hydrogen) atoms. The number of halogens is 2. The van der Waals surface area contributed by atoms with E-state index in [1.54, 1.807) is 6.92 Å². The van der Waals surface area contributed by atoms with Crippen molar-refractivity contribution in [3.05, 3.63) is 0 Å². The molecule has 0 radical (unpaired) electrons. The molecular formula is C2H5BrFOP. The smallest absolute Gasteiger partial charge is 0.292 e. The van der Waals surface area contributed by atoms with Crippen LogP contribution in [0.15, 0.2) is 0 Å². The van der Waals surface area contributed by atoms with Crippen LogP contribution in [0.3, 0.4) is 0 Å². The Hall–Kier alpha value is 0.800. The summed E-state index contributed by atoms with van der Waals surface area (Å²) in [5, 5.41) is 0. The lowest BCUT2D eigenvalue weighted by atomic mass is 10.9. The van der Waals surface area contributed by atoms with Crippen LogP contribution in [-0.4, -0.2) is 6.61 Å². The van der Waals surface area contributed by atoms with E-state index in [2.05, 4.69) is 20.0 Å². The SMILES string of the molecule is CCOP(F)Br. The Morgan fingerprint density at radius 1 is 2.00 bits per heavy atom. The van der Waals surface area contributed by atoms with Crippen molar-refractivity contribution in [2.24, 2.45) is 0 Å². The van der Waals surface area contributed by atoms with Gasteiger partial charge in [0.15, 0.2) is 0 Å². The molecule has 38 valence electrons. The minimum atomic E-state index is -1.79. The molecule has 0 aromatic carbocycles. The maximum atomic E-state index is 11.5. The molecule has 0 bridgehead atoms. The highest BCUT2D eigenvalue weighted by Crippen LogP contribution is 2.46. The van der Waals surface area contributed by atoms with Crippen LogP contribution in [0, 0.1) is 0 Å². The van der Waals surface area contributed by atoms with E-state index in [4.69, 9.17) is 0 Å². The van der Waals surface area contributed by atoms with Crippen LogP contribution in [0.5, 0.6) is 0 Å². The minimum absolute atomic E-state index is 0.438. The summed E-state index contributed by atoms with van der Waals surface area (Å²) in [6.45, 7) is 2.18. The quantitative estimate of drug-likeness (QED) is 0.586. The second-order valence-corrected chi connectivity index (χ2v) is 2.95. The van der Waals surface area contributed by atoms with Crippen molar-refractivity contribution < 1.29 is 8.72 Å². The Morgan fingerprint density at radius 2 is 2.50 bits per heavy atom. The van der Waals surface area contributed by atoms with E-state index in [0.717, 1.165) is 0 Å². The summed E-state index contributed by atoms with van der Waals surface area (Å²) in [6.07, 6.45) is 0. The molecule has 0 saturated carbocycles. The summed E-state index contributed by atoms with van der Waals surface area (Å²) in [5.41, 5.74) is 0. The van der Waals surface area contributed by atoms with Crippen LogP contribution in [0.2, 0.25) is 0 Å². The predicted molar refractivity (Wildman–Crippen MR) is 28.6 cm³/mol. The fraction of sp³-hybridized carbons (Fsp3) is 1.00. The number of hydrogen-bond donors (Lipinski definition) is 0. The van der Waals surface area contributed by atoms with Crippen molar-refractivity contribution in [3.8, 4) is 0 Å². The van der Waals surface area contributed by atoms with E-state index in [1.165, 1.54) is 0 Å². The number of rotatable bonds is 2. The van der Waals surface area contributed by atoms with Gasteiger partial charge in [0.1, 0.15) is 0 Å². The Bertz CT molecular complexity index is 34.7. The van der Waals surface area contributed by atoms with Gasteiger partial charge in [0, 0.05) is 15.5 Å². The molecule has 0 saturated heterocycles. The van der Waals surface area contributed by atoms with E-state index in [-0.39, 0.29) is 0 Å². The van der Waals surface area contributed by atoms with E-state index < -0.39 is 7.16 Å². The highest BCUT2D eigenvalue weighted by atomic mass is 79.9. The Labute approximate surface area is 45.6 Å². The van der Waals surface area contributed by atoms with Crippen LogP contribution in [0.25, 0.3) is 0 Å². The molecule has 1 nitrogen and oxygen atoms in total. The van der Waals surface area contributed by atoms with Gasteiger partial charge in [-0.3, -0.25) is 0 Å². The Morgan fingerprint density at radius 3 is 2.50 bits per heavy atom. The Kier molecular flexibility index (Phi) is 4.50. The maximum absolute atomic E-state index is 11.5. The molecule has 0 N–H and O–H groups in total. The van der Waals surface area contributed by atoms with Gasteiger partial charge in [-0.25, -0.2) is 0 Å². The molecule has 1 unspecified atom stereocenters. The van der Waals surface area contributed by atoms with Crippen molar-refractivity contribution in [2.75, 3.05) is 6.61 Å². The first-order valence-corrected chi connectivity index (χ1v) is 4.69. The average molecular weight is 175 g/mol. The fourth-order valence-corrected chi connectivity index (χ4v) is 0.907. The molecule has 0 fully saturated rings. The second-order valence-electron chi connectivity index (χ2n) is 0.620. The lowest BCUT2D eigenvalue weighted by molar-refractivity contribution is 0.368. The summed E-state index contributed by atoms with van der Waals surface area (Å²) in [5.74, 6) is 0. The van der Waals surface area contributed by atoms with Crippen LogP contribution >= 0.6 is 22.7 Å². The van der Waals surface area contributed by atoms with Crippen molar-refractivity contribution in [1.29, 1.82) is 0 Å². The zero-order chi connectivity index (χ0) is 4.99. The predicted octanol–water partition coefficient (Wildman–Crippen LogP) is 2.61. The lowest BCUT2D eigenvalue weighted by Gasteiger charge is -1.92. The largest absolute Gasteiger partial charge is 0.323 e. The first-order chi connectivity index (χ1) is 2.77. The van der Waals surface area contributed by atoms with Gasteiger partial charge in [-0.05, 0) is 6.92 Å². The van der Waals surface area contributed by atoms with E-state index in [1.807, 2.05) is 0 Å². The average Bonchev–Trinajstić information content (AvgIpc) is 1.35. The van der Waals surface area contributed by atoms with E-state index in [9.17, 15) is 4.20 Å². The standard InChI is InChI=1S/C2H5BrFOP/c1-2-5-6(3)4/h2H2,1H3. The summed E-state index contributed by atoms with van der Waals surface area (Å²) in [6, 6.07) is 0. The Balaban J connectivity index is 2.63. The first-order valence-electron chi connectivity index (χ1n) is 1.52. The van der Waals surface area contributed by atoms with Crippen LogP contribution in [0.1, 0.15) is 6.92 Å². The highest BCUT2D eigenvalue weighted by Gasteiger charge is 1.94. The third-order valence-electron chi connectivity index (χ3n) is 0.227. The topological polar surface area (TPSA) is 9.23 Å². The molecule has 0 heterocycles.